The van der Waals surface area contributed by atoms with Gasteiger partial charge in [0.15, 0.2) is 0 Å². The second-order valence-electron chi connectivity index (χ2n) is 9.23. The summed E-state index contributed by atoms with van der Waals surface area (Å²) >= 11 is 0. The lowest BCUT2D eigenvalue weighted by Gasteiger charge is -2.44. The Morgan fingerprint density at radius 3 is 2.09 bits per heavy atom. The van der Waals surface area contributed by atoms with Crippen LogP contribution in [0.3, 0.4) is 0 Å². The third-order valence-corrected chi connectivity index (χ3v) is 7.52. The highest BCUT2D eigenvalue weighted by Crippen LogP contribution is 2.56. The van der Waals surface area contributed by atoms with Gasteiger partial charge < -0.3 is 4.74 Å². The van der Waals surface area contributed by atoms with Gasteiger partial charge in [0.2, 0.25) is 0 Å². The Bertz CT molecular complexity index is 1560. The predicted molar refractivity (Wildman–Crippen MR) is 132 cm³/mol. The van der Waals surface area contributed by atoms with Gasteiger partial charge in [0, 0.05) is 17.2 Å². The molecule has 0 spiro atoms. The third kappa shape index (κ3) is 2.77. The summed E-state index contributed by atoms with van der Waals surface area (Å²) in [7, 11) is 0. The van der Waals surface area contributed by atoms with Crippen molar-refractivity contribution in [2.45, 2.75) is 18.3 Å². The average molecular weight is 427 g/mol. The minimum absolute atomic E-state index is 0.0216. The third-order valence-electron chi connectivity index (χ3n) is 7.52. The normalized spacial score (nSPS) is 20.4. The van der Waals surface area contributed by atoms with Crippen molar-refractivity contribution in [1.82, 2.24) is 0 Å². The van der Waals surface area contributed by atoms with Crippen LogP contribution in [0.1, 0.15) is 40.5 Å². The van der Waals surface area contributed by atoms with E-state index >= 15 is 0 Å². The Morgan fingerprint density at radius 1 is 0.636 bits per heavy atom. The molecule has 3 atom stereocenters. The van der Waals surface area contributed by atoms with E-state index < -0.39 is 0 Å². The minimum atomic E-state index is -0.197. The number of fused-ring (bicyclic) bond motifs is 3. The second kappa shape index (κ2) is 7.05. The Kier molecular flexibility index (Phi) is 3.98. The van der Waals surface area contributed by atoms with Gasteiger partial charge in [-0.05, 0) is 50.9 Å². The summed E-state index contributed by atoms with van der Waals surface area (Å²) in [5, 5.41) is 4.54. The Balaban J connectivity index is 1.34. The van der Waals surface area contributed by atoms with E-state index in [0.717, 1.165) is 17.2 Å². The molecule has 0 aromatic heterocycles. The molecule has 33 heavy (non-hydrogen) atoms. The molecule has 2 heteroatoms. The molecule has 5 aromatic rings. The Morgan fingerprint density at radius 2 is 1.27 bits per heavy atom. The van der Waals surface area contributed by atoms with Gasteiger partial charge in [0.05, 0.1) is 5.92 Å². The number of hydrogen-bond acceptors (Lipinski definition) is 2. The van der Waals surface area contributed by atoms with Crippen LogP contribution in [-0.2, 0) is 4.79 Å². The summed E-state index contributed by atoms with van der Waals surface area (Å²) in [6, 6.07) is 35.7. The summed E-state index contributed by atoms with van der Waals surface area (Å²) in [5.41, 5.74) is 5.28. The van der Waals surface area contributed by atoms with Crippen LogP contribution in [0.2, 0.25) is 0 Å². The number of carbonyl (C=O) groups excluding carboxylic acids is 1. The summed E-state index contributed by atoms with van der Waals surface area (Å²) in [4.78, 5) is 13.7. The Hall–Kier alpha value is -3.91. The average Bonchev–Trinajstić information content (AvgIpc) is 2.87. The van der Waals surface area contributed by atoms with E-state index in [1.54, 1.807) is 0 Å². The lowest BCUT2D eigenvalue weighted by atomic mass is 9.59. The van der Waals surface area contributed by atoms with Crippen molar-refractivity contribution in [3.63, 3.8) is 0 Å². The van der Waals surface area contributed by atoms with E-state index in [2.05, 4.69) is 60.7 Å². The first-order chi connectivity index (χ1) is 16.3. The quantitative estimate of drug-likeness (QED) is 0.220. The predicted octanol–water partition coefficient (Wildman–Crippen LogP) is 7.20. The van der Waals surface area contributed by atoms with Gasteiger partial charge in [-0.1, -0.05) is 97.1 Å². The molecule has 0 amide bonds. The zero-order valence-electron chi connectivity index (χ0n) is 18.1. The summed E-state index contributed by atoms with van der Waals surface area (Å²) in [6.45, 7) is 0. The first-order valence-corrected chi connectivity index (χ1v) is 11.6. The van der Waals surface area contributed by atoms with Crippen LogP contribution in [0.5, 0.6) is 5.75 Å². The first-order valence-electron chi connectivity index (χ1n) is 11.6. The van der Waals surface area contributed by atoms with Crippen molar-refractivity contribution < 1.29 is 9.53 Å². The Labute approximate surface area is 192 Å². The molecule has 158 valence electrons. The maximum Gasteiger partial charge on any atom is 0.315 e. The molecule has 3 aliphatic rings. The molecule has 0 N–H and O–H groups in total. The van der Waals surface area contributed by atoms with Crippen LogP contribution in [0.25, 0.3) is 21.5 Å². The molecule has 2 bridgehead atoms. The molecule has 5 aromatic carbocycles. The monoisotopic (exact) mass is 426 g/mol. The van der Waals surface area contributed by atoms with Crippen LogP contribution >= 0.6 is 0 Å². The number of esters is 1. The van der Waals surface area contributed by atoms with Crippen LogP contribution < -0.4 is 4.74 Å². The molecule has 0 saturated carbocycles. The molecule has 8 rings (SSSR count). The molecule has 2 nitrogen and oxygen atoms in total. The van der Waals surface area contributed by atoms with Crippen molar-refractivity contribution in [3.8, 4) is 5.75 Å². The minimum Gasteiger partial charge on any atom is -0.426 e. The van der Waals surface area contributed by atoms with Gasteiger partial charge in [0.25, 0.3) is 0 Å². The SMILES string of the molecule is O=C(Oc1cccc2ccccc12)C1CC2c3ccccc3C1c1cc3ccccc3cc12. The topological polar surface area (TPSA) is 26.3 Å². The van der Waals surface area contributed by atoms with Gasteiger partial charge in [-0.2, -0.15) is 0 Å². The van der Waals surface area contributed by atoms with E-state index in [-0.39, 0.29) is 23.7 Å². The highest BCUT2D eigenvalue weighted by Gasteiger charge is 2.47. The second-order valence-corrected chi connectivity index (χ2v) is 9.23. The van der Waals surface area contributed by atoms with Crippen LogP contribution in [-0.4, -0.2) is 5.97 Å². The summed E-state index contributed by atoms with van der Waals surface area (Å²) in [5.74, 6) is 0.558. The fourth-order valence-electron chi connectivity index (χ4n) is 6.07. The fraction of sp³-hybridized carbons (Fsp3) is 0.129. The number of rotatable bonds is 2. The van der Waals surface area contributed by atoms with Crippen molar-refractivity contribution in [1.29, 1.82) is 0 Å². The zero-order valence-corrected chi connectivity index (χ0v) is 18.1. The van der Waals surface area contributed by atoms with Gasteiger partial charge >= 0.3 is 5.97 Å². The molecule has 0 aliphatic heterocycles. The van der Waals surface area contributed by atoms with Gasteiger partial charge in [-0.15, -0.1) is 0 Å². The highest BCUT2D eigenvalue weighted by molar-refractivity contribution is 5.92. The molecular formula is C31H22O2. The van der Waals surface area contributed by atoms with E-state index in [9.17, 15) is 4.79 Å². The molecule has 0 heterocycles. The van der Waals surface area contributed by atoms with Gasteiger partial charge in [-0.3, -0.25) is 4.79 Å². The lowest BCUT2D eigenvalue weighted by Crippen LogP contribution is -2.38. The molecule has 3 unspecified atom stereocenters. The largest absolute Gasteiger partial charge is 0.426 e. The molecule has 0 radical (unpaired) electrons. The molecule has 0 fully saturated rings. The summed E-state index contributed by atoms with van der Waals surface area (Å²) in [6.07, 6.45) is 0.788. The van der Waals surface area contributed by atoms with Crippen LogP contribution in [0, 0.1) is 5.92 Å². The van der Waals surface area contributed by atoms with Crippen LogP contribution in [0.4, 0.5) is 0 Å². The van der Waals surface area contributed by atoms with Crippen molar-refractivity contribution in [2.24, 2.45) is 5.92 Å². The number of benzene rings is 5. The maximum atomic E-state index is 13.7. The van der Waals surface area contributed by atoms with Gasteiger partial charge in [-0.25, -0.2) is 0 Å². The van der Waals surface area contributed by atoms with E-state index in [1.165, 1.54) is 33.0 Å². The standard InChI is InChI=1S/C31H22O2/c32-31(33-29-15-7-11-19-8-3-4-12-22(19)29)28-18-26-23-13-5-6-14-24(23)30(28)27-17-21-10-2-1-9-20(21)16-25(26)27/h1-17,26,28,30H,18H2. The number of ether oxygens (including phenoxy) is 1. The smallest absolute Gasteiger partial charge is 0.315 e. The number of carbonyl (C=O) groups is 1. The van der Waals surface area contributed by atoms with Crippen molar-refractivity contribution in [3.05, 3.63) is 125 Å². The zero-order chi connectivity index (χ0) is 21.9. The van der Waals surface area contributed by atoms with Gasteiger partial charge in [0.1, 0.15) is 5.75 Å². The first kappa shape index (κ1) is 18.6. The molecule has 0 saturated heterocycles. The highest BCUT2D eigenvalue weighted by atomic mass is 16.5. The number of hydrogen-bond donors (Lipinski definition) is 0. The lowest BCUT2D eigenvalue weighted by molar-refractivity contribution is -0.140. The van der Waals surface area contributed by atoms with E-state index in [4.69, 9.17) is 4.74 Å². The van der Waals surface area contributed by atoms with E-state index in [1.807, 2.05) is 42.5 Å². The fourth-order valence-corrected chi connectivity index (χ4v) is 6.07. The summed E-state index contributed by atoms with van der Waals surface area (Å²) < 4.78 is 6.10. The molecular weight excluding hydrogens is 404 g/mol. The van der Waals surface area contributed by atoms with Crippen LogP contribution in [0.15, 0.2) is 103 Å². The van der Waals surface area contributed by atoms with Crippen molar-refractivity contribution in [2.75, 3.05) is 0 Å². The maximum absolute atomic E-state index is 13.7. The van der Waals surface area contributed by atoms with E-state index in [0.29, 0.717) is 5.75 Å². The molecule has 3 aliphatic carbocycles. The van der Waals surface area contributed by atoms with Crippen molar-refractivity contribution >= 4 is 27.5 Å².